The molecule has 27 heavy (non-hydrogen) atoms. The number of amides is 1. The van der Waals surface area contributed by atoms with Crippen molar-refractivity contribution >= 4 is 17.7 Å². The number of benzene rings is 1. The summed E-state index contributed by atoms with van der Waals surface area (Å²) in [5, 5.41) is 7.05. The molecule has 1 amide bonds. The van der Waals surface area contributed by atoms with Crippen molar-refractivity contribution in [2.24, 2.45) is 5.92 Å². The lowest BCUT2D eigenvalue weighted by atomic mass is 9.90. The number of piperidine rings is 1. The highest BCUT2D eigenvalue weighted by atomic mass is 32.2. The number of carbonyl (C=O) groups is 1. The monoisotopic (exact) mass is 386 g/mol. The van der Waals surface area contributed by atoms with E-state index in [4.69, 9.17) is 0 Å². The molecule has 1 aliphatic carbocycles. The molecule has 1 saturated heterocycles. The quantitative estimate of drug-likeness (QED) is 0.775. The molecular formula is C20H26N4O2S. The maximum atomic E-state index is 12.9. The Morgan fingerprint density at radius 1 is 1.22 bits per heavy atom. The number of likely N-dealkylation sites (tertiary alicyclic amines) is 1. The normalized spacial score (nSPS) is 19.2. The number of carbonyl (C=O) groups excluding carboxylic acids is 1. The van der Waals surface area contributed by atoms with Crippen molar-refractivity contribution in [3.05, 3.63) is 46.4 Å². The highest BCUT2D eigenvalue weighted by Crippen LogP contribution is 2.37. The second kappa shape index (κ2) is 7.92. The molecule has 2 fully saturated rings. The smallest absolute Gasteiger partial charge is 0.342 e. The molecule has 0 bridgehead atoms. The third-order valence-corrected chi connectivity index (χ3v) is 6.56. The fraction of sp³-hybridized carbons (Fsp3) is 0.550. The van der Waals surface area contributed by atoms with Crippen LogP contribution < -0.4 is 5.69 Å². The second-order valence-electron chi connectivity index (χ2n) is 7.63. The van der Waals surface area contributed by atoms with Crippen LogP contribution in [0.5, 0.6) is 0 Å². The Morgan fingerprint density at radius 2 is 1.93 bits per heavy atom. The van der Waals surface area contributed by atoms with Crippen molar-refractivity contribution in [3.63, 3.8) is 0 Å². The van der Waals surface area contributed by atoms with Crippen molar-refractivity contribution in [1.29, 1.82) is 0 Å². The standard InChI is InChI=1S/C20H26N4O2S/c1-14(27-20-22-21-19(26)24(20)17-7-8-17)18(25)23-11-9-16(10-12-23)13-15-5-3-2-4-6-15/h2-6,14,16-17H,7-13H2,1H3,(H,21,26)/t14-/m0/s1. The minimum atomic E-state index is -0.233. The fourth-order valence-corrected chi connectivity index (χ4v) is 4.81. The van der Waals surface area contributed by atoms with Crippen molar-refractivity contribution in [3.8, 4) is 0 Å². The molecule has 2 aromatic rings. The third kappa shape index (κ3) is 4.29. The molecule has 0 radical (unpaired) electrons. The molecule has 2 aliphatic rings. The van der Waals surface area contributed by atoms with Gasteiger partial charge in [0.1, 0.15) is 0 Å². The first-order valence-electron chi connectivity index (χ1n) is 9.78. The predicted octanol–water partition coefficient (Wildman–Crippen LogP) is 2.87. The Morgan fingerprint density at radius 3 is 2.59 bits per heavy atom. The summed E-state index contributed by atoms with van der Waals surface area (Å²) < 4.78 is 1.71. The van der Waals surface area contributed by atoms with Crippen molar-refractivity contribution < 1.29 is 4.79 Å². The summed E-state index contributed by atoms with van der Waals surface area (Å²) in [4.78, 5) is 26.7. The number of rotatable bonds is 6. The molecule has 1 aliphatic heterocycles. The number of thioether (sulfide) groups is 1. The van der Waals surface area contributed by atoms with E-state index < -0.39 is 0 Å². The van der Waals surface area contributed by atoms with Gasteiger partial charge < -0.3 is 4.90 Å². The summed E-state index contributed by atoms with van der Waals surface area (Å²) in [7, 11) is 0. The minimum absolute atomic E-state index is 0.149. The van der Waals surface area contributed by atoms with E-state index in [0.29, 0.717) is 11.1 Å². The van der Waals surface area contributed by atoms with Crippen LogP contribution in [0, 0.1) is 5.92 Å². The number of hydrogen-bond acceptors (Lipinski definition) is 4. The molecule has 1 aromatic heterocycles. The third-order valence-electron chi connectivity index (χ3n) is 5.51. The van der Waals surface area contributed by atoms with Gasteiger partial charge in [-0.3, -0.25) is 9.36 Å². The highest BCUT2D eigenvalue weighted by molar-refractivity contribution is 8.00. The maximum Gasteiger partial charge on any atom is 0.344 e. The van der Waals surface area contributed by atoms with Gasteiger partial charge in [0.2, 0.25) is 5.91 Å². The number of aromatic nitrogens is 3. The van der Waals surface area contributed by atoms with Crippen LogP contribution in [-0.2, 0) is 11.2 Å². The average molecular weight is 387 g/mol. The van der Waals surface area contributed by atoms with E-state index in [-0.39, 0.29) is 22.9 Å². The first-order chi connectivity index (χ1) is 13.1. The summed E-state index contributed by atoms with van der Waals surface area (Å²) >= 11 is 1.39. The Kier molecular flexibility index (Phi) is 5.38. The van der Waals surface area contributed by atoms with E-state index in [2.05, 4.69) is 34.5 Å². The number of hydrogen-bond donors (Lipinski definition) is 1. The molecule has 4 rings (SSSR count). The molecule has 1 atom stereocenters. The molecule has 1 N–H and O–H groups in total. The van der Waals surface area contributed by atoms with Crippen LogP contribution in [0.3, 0.4) is 0 Å². The lowest BCUT2D eigenvalue weighted by Gasteiger charge is -2.33. The summed E-state index contributed by atoms with van der Waals surface area (Å²) in [6, 6.07) is 10.8. The topological polar surface area (TPSA) is 71.0 Å². The van der Waals surface area contributed by atoms with E-state index in [1.165, 1.54) is 17.3 Å². The van der Waals surface area contributed by atoms with Gasteiger partial charge in [0, 0.05) is 19.1 Å². The van der Waals surface area contributed by atoms with Crippen LogP contribution in [0.15, 0.2) is 40.3 Å². The lowest BCUT2D eigenvalue weighted by molar-refractivity contribution is -0.131. The van der Waals surface area contributed by atoms with Gasteiger partial charge in [0.15, 0.2) is 5.16 Å². The van der Waals surface area contributed by atoms with Gasteiger partial charge in [0.05, 0.1) is 5.25 Å². The van der Waals surface area contributed by atoms with E-state index >= 15 is 0 Å². The molecule has 0 spiro atoms. The van der Waals surface area contributed by atoms with Crippen LogP contribution in [0.2, 0.25) is 0 Å². The highest BCUT2D eigenvalue weighted by Gasteiger charge is 2.31. The Labute approximate surface area is 163 Å². The zero-order valence-electron chi connectivity index (χ0n) is 15.6. The summed E-state index contributed by atoms with van der Waals surface area (Å²) in [6.07, 6.45) is 5.23. The summed E-state index contributed by atoms with van der Waals surface area (Å²) in [5.74, 6) is 0.793. The molecule has 1 saturated carbocycles. The zero-order chi connectivity index (χ0) is 18.8. The number of H-pyrrole nitrogens is 1. The van der Waals surface area contributed by atoms with Crippen molar-refractivity contribution in [2.45, 2.75) is 55.5 Å². The molecule has 1 aromatic carbocycles. The number of aromatic amines is 1. The summed E-state index contributed by atoms with van der Waals surface area (Å²) in [6.45, 7) is 3.55. The SMILES string of the molecule is C[C@H](Sc1n[nH]c(=O)n1C1CC1)C(=O)N1CCC(Cc2ccccc2)CC1. The van der Waals surface area contributed by atoms with Gasteiger partial charge in [-0.05, 0) is 50.5 Å². The first kappa shape index (κ1) is 18.3. The largest absolute Gasteiger partial charge is 0.344 e. The van der Waals surface area contributed by atoms with Crippen molar-refractivity contribution in [2.75, 3.05) is 13.1 Å². The van der Waals surface area contributed by atoms with Gasteiger partial charge in [0.25, 0.3) is 0 Å². The molecule has 6 nitrogen and oxygen atoms in total. The first-order valence-corrected chi connectivity index (χ1v) is 10.7. The second-order valence-corrected chi connectivity index (χ2v) is 8.94. The fourth-order valence-electron chi connectivity index (χ4n) is 3.80. The lowest BCUT2D eigenvalue weighted by Crippen LogP contribution is -2.42. The van der Waals surface area contributed by atoms with Crippen molar-refractivity contribution in [1.82, 2.24) is 19.7 Å². The van der Waals surface area contributed by atoms with Gasteiger partial charge in [-0.25, -0.2) is 9.89 Å². The summed E-state index contributed by atoms with van der Waals surface area (Å²) in [5.41, 5.74) is 1.21. The van der Waals surface area contributed by atoms with E-state index in [1.807, 2.05) is 17.9 Å². The van der Waals surface area contributed by atoms with Crippen LogP contribution in [0.4, 0.5) is 0 Å². The average Bonchev–Trinajstić information content (AvgIpc) is 3.46. The molecule has 144 valence electrons. The van der Waals surface area contributed by atoms with Crippen LogP contribution >= 0.6 is 11.8 Å². The van der Waals surface area contributed by atoms with Gasteiger partial charge in [-0.15, -0.1) is 5.10 Å². The van der Waals surface area contributed by atoms with Crippen LogP contribution in [0.25, 0.3) is 0 Å². The van der Waals surface area contributed by atoms with E-state index in [9.17, 15) is 9.59 Å². The number of nitrogens with one attached hydrogen (secondary N) is 1. The molecule has 0 unspecified atom stereocenters. The van der Waals surface area contributed by atoms with Crippen LogP contribution in [-0.4, -0.2) is 43.9 Å². The number of nitrogens with zero attached hydrogens (tertiary/aromatic N) is 3. The maximum absolute atomic E-state index is 12.9. The van der Waals surface area contributed by atoms with Gasteiger partial charge in [-0.2, -0.15) is 0 Å². The predicted molar refractivity (Wildman–Crippen MR) is 106 cm³/mol. The van der Waals surface area contributed by atoms with Crippen LogP contribution in [0.1, 0.15) is 44.2 Å². The Hall–Kier alpha value is -2.02. The Bertz CT molecular complexity index is 835. The van der Waals surface area contributed by atoms with E-state index in [0.717, 1.165) is 45.2 Å². The van der Waals surface area contributed by atoms with Gasteiger partial charge in [-0.1, -0.05) is 42.1 Å². The van der Waals surface area contributed by atoms with Gasteiger partial charge >= 0.3 is 5.69 Å². The van der Waals surface area contributed by atoms with E-state index in [1.54, 1.807) is 4.57 Å². The Balaban J connectivity index is 1.30. The zero-order valence-corrected chi connectivity index (χ0v) is 16.5. The molecular weight excluding hydrogens is 360 g/mol. The molecule has 7 heteroatoms. The minimum Gasteiger partial charge on any atom is -0.342 e. The molecule has 2 heterocycles.